The van der Waals surface area contributed by atoms with Crippen LogP contribution in [0.25, 0.3) is 0 Å². The minimum atomic E-state index is -1.05. The van der Waals surface area contributed by atoms with Crippen LogP contribution in [-0.4, -0.2) is 36.3 Å². The standard InChI is InChI=1S/C22H25FN2O6/c1-21(2,3)31-20(26)14-5-7-15(8-6-14)24-16-9-10-17(18(23)19(16)25(27)28)30-13-22(4)11-29-12-22/h5-10,24H,11-13H2,1-4H3. The lowest BCUT2D eigenvalue weighted by Crippen LogP contribution is -2.44. The highest BCUT2D eigenvalue weighted by Gasteiger charge is 2.35. The normalized spacial score (nSPS) is 15.0. The number of anilines is 2. The van der Waals surface area contributed by atoms with Crippen molar-refractivity contribution >= 4 is 23.0 Å². The molecule has 9 heteroatoms. The molecule has 1 fully saturated rings. The molecule has 1 saturated heterocycles. The number of carbonyl (C=O) groups excluding carboxylic acids is 1. The van der Waals surface area contributed by atoms with Crippen LogP contribution < -0.4 is 10.1 Å². The molecule has 0 aliphatic carbocycles. The molecule has 0 aromatic heterocycles. The van der Waals surface area contributed by atoms with Gasteiger partial charge in [-0.1, -0.05) is 6.92 Å². The maximum Gasteiger partial charge on any atom is 0.338 e. The SMILES string of the molecule is CC1(COc2ccc(Nc3ccc(C(=O)OC(C)(C)C)cc3)c([N+](=O)[O-])c2F)COC1. The van der Waals surface area contributed by atoms with Gasteiger partial charge < -0.3 is 19.5 Å². The van der Waals surface area contributed by atoms with Crippen molar-refractivity contribution in [1.82, 2.24) is 0 Å². The maximum absolute atomic E-state index is 14.8. The number of ether oxygens (including phenoxy) is 3. The van der Waals surface area contributed by atoms with E-state index in [1.807, 2.05) is 6.92 Å². The van der Waals surface area contributed by atoms with Gasteiger partial charge >= 0.3 is 11.7 Å². The van der Waals surface area contributed by atoms with Gasteiger partial charge in [-0.3, -0.25) is 10.1 Å². The Morgan fingerprint density at radius 2 is 1.87 bits per heavy atom. The van der Waals surface area contributed by atoms with Gasteiger partial charge in [0.2, 0.25) is 5.82 Å². The van der Waals surface area contributed by atoms with Crippen LogP contribution in [0.3, 0.4) is 0 Å². The predicted molar refractivity (Wildman–Crippen MR) is 112 cm³/mol. The lowest BCUT2D eigenvalue weighted by molar-refractivity contribution is -0.386. The third-order valence-electron chi connectivity index (χ3n) is 4.54. The van der Waals surface area contributed by atoms with Gasteiger partial charge in [0.1, 0.15) is 11.3 Å². The Balaban J connectivity index is 1.77. The molecule has 0 spiro atoms. The molecule has 1 heterocycles. The third-order valence-corrected chi connectivity index (χ3v) is 4.54. The third kappa shape index (κ3) is 5.49. The first-order valence-corrected chi connectivity index (χ1v) is 9.75. The molecule has 1 aliphatic rings. The number of rotatable bonds is 7. The van der Waals surface area contributed by atoms with Crippen molar-refractivity contribution in [2.75, 3.05) is 25.1 Å². The van der Waals surface area contributed by atoms with Crippen LogP contribution in [0.1, 0.15) is 38.1 Å². The molecule has 1 N–H and O–H groups in total. The number of nitro groups is 1. The smallest absolute Gasteiger partial charge is 0.338 e. The fourth-order valence-corrected chi connectivity index (χ4v) is 2.90. The summed E-state index contributed by atoms with van der Waals surface area (Å²) >= 11 is 0. The summed E-state index contributed by atoms with van der Waals surface area (Å²) in [4.78, 5) is 22.8. The highest BCUT2D eigenvalue weighted by Crippen LogP contribution is 2.37. The molecule has 31 heavy (non-hydrogen) atoms. The summed E-state index contributed by atoms with van der Waals surface area (Å²) in [5.41, 5.74) is -0.824. The Bertz CT molecular complexity index is 981. The van der Waals surface area contributed by atoms with Crippen molar-refractivity contribution in [3.8, 4) is 5.75 Å². The van der Waals surface area contributed by atoms with E-state index in [9.17, 15) is 19.3 Å². The van der Waals surface area contributed by atoms with Crippen LogP contribution in [0.2, 0.25) is 0 Å². The largest absolute Gasteiger partial charge is 0.489 e. The monoisotopic (exact) mass is 432 g/mol. The van der Waals surface area contributed by atoms with Crippen LogP contribution in [0, 0.1) is 21.3 Å². The number of hydrogen-bond acceptors (Lipinski definition) is 7. The van der Waals surface area contributed by atoms with Crippen LogP contribution in [0.4, 0.5) is 21.5 Å². The topological polar surface area (TPSA) is 99.9 Å². The molecule has 0 atom stereocenters. The first-order chi connectivity index (χ1) is 14.5. The first-order valence-electron chi connectivity index (χ1n) is 9.75. The second kappa shape index (κ2) is 8.50. The molecule has 2 aromatic carbocycles. The van der Waals surface area contributed by atoms with Crippen LogP contribution in [0.5, 0.6) is 5.75 Å². The van der Waals surface area contributed by atoms with Gasteiger partial charge in [-0.15, -0.1) is 0 Å². The quantitative estimate of drug-likeness (QED) is 0.379. The van der Waals surface area contributed by atoms with Gasteiger partial charge in [-0.2, -0.15) is 4.39 Å². The Hall–Kier alpha value is -3.20. The second-order valence-corrected chi connectivity index (χ2v) is 8.83. The van der Waals surface area contributed by atoms with E-state index in [4.69, 9.17) is 14.2 Å². The van der Waals surface area contributed by atoms with Gasteiger partial charge in [-0.05, 0) is 57.2 Å². The second-order valence-electron chi connectivity index (χ2n) is 8.83. The number of esters is 1. The van der Waals surface area contributed by atoms with E-state index in [2.05, 4.69) is 5.32 Å². The number of nitro benzene ring substituents is 1. The first kappa shape index (κ1) is 22.5. The fourth-order valence-electron chi connectivity index (χ4n) is 2.90. The van der Waals surface area contributed by atoms with Crippen molar-refractivity contribution in [3.05, 3.63) is 57.9 Å². The number of halogens is 1. The van der Waals surface area contributed by atoms with Crippen LogP contribution in [0.15, 0.2) is 36.4 Å². The van der Waals surface area contributed by atoms with E-state index in [1.54, 1.807) is 32.9 Å². The molecule has 0 amide bonds. The van der Waals surface area contributed by atoms with Crippen LogP contribution >= 0.6 is 0 Å². The number of nitrogens with one attached hydrogen (secondary N) is 1. The van der Waals surface area contributed by atoms with Crippen molar-refractivity contribution in [3.63, 3.8) is 0 Å². The summed E-state index contributed by atoms with van der Waals surface area (Å²) in [5, 5.41) is 14.3. The molecule has 0 saturated carbocycles. The minimum Gasteiger partial charge on any atom is -0.489 e. The summed E-state index contributed by atoms with van der Waals surface area (Å²) in [6.45, 7) is 8.41. The zero-order chi connectivity index (χ0) is 22.8. The van der Waals surface area contributed by atoms with Gasteiger partial charge in [0.25, 0.3) is 0 Å². The van der Waals surface area contributed by atoms with E-state index in [0.717, 1.165) is 0 Å². The van der Waals surface area contributed by atoms with E-state index >= 15 is 0 Å². The molecule has 3 rings (SSSR count). The Labute approximate surface area is 179 Å². The number of nitrogens with zero attached hydrogens (tertiary/aromatic N) is 1. The zero-order valence-corrected chi connectivity index (χ0v) is 17.9. The predicted octanol–water partition coefficient (Wildman–Crippen LogP) is 4.85. The molecule has 0 bridgehead atoms. The van der Waals surface area contributed by atoms with Crippen molar-refractivity contribution in [2.45, 2.75) is 33.3 Å². The minimum absolute atomic E-state index is 0.0296. The molecule has 166 valence electrons. The molecule has 0 radical (unpaired) electrons. The Morgan fingerprint density at radius 1 is 1.23 bits per heavy atom. The average molecular weight is 432 g/mol. The molecular formula is C22H25FN2O6. The average Bonchev–Trinajstić information content (AvgIpc) is 2.65. The molecule has 8 nitrogen and oxygen atoms in total. The van der Waals surface area contributed by atoms with E-state index in [1.165, 1.54) is 24.3 Å². The number of benzene rings is 2. The molecular weight excluding hydrogens is 407 g/mol. The van der Waals surface area contributed by atoms with Crippen molar-refractivity contribution in [1.29, 1.82) is 0 Å². The summed E-state index contributed by atoms with van der Waals surface area (Å²) in [5.74, 6) is -1.72. The molecule has 1 aliphatic heterocycles. The molecule has 0 unspecified atom stereocenters. The van der Waals surface area contributed by atoms with Gasteiger partial charge in [0, 0.05) is 11.1 Å². The summed E-state index contributed by atoms with van der Waals surface area (Å²) < 4.78 is 30.7. The Kier molecular flexibility index (Phi) is 6.17. The summed E-state index contributed by atoms with van der Waals surface area (Å²) in [6, 6.07) is 8.90. The van der Waals surface area contributed by atoms with Gasteiger partial charge in [0.05, 0.1) is 30.3 Å². The van der Waals surface area contributed by atoms with Crippen LogP contribution in [-0.2, 0) is 9.47 Å². The highest BCUT2D eigenvalue weighted by molar-refractivity contribution is 5.90. The van der Waals surface area contributed by atoms with E-state index < -0.39 is 28.0 Å². The maximum atomic E-state index is 14.8. The Morgan fingerprint density at radius 3 is 2.39 bits per heavy atom. The lowest BCUT2D eigenvalue weighted by Gasteiger charge is -2.37. The molecule has 2 aromatic rings. The summed E-state index contributed by atoms with van der Waals surface area (Å²) in [7, 11) is 0. The van der Waals surface area contributed by atoms with Gasteiger partial charge in [0.15, 0.2) is 5.75 Å². The highest BCUT2D eigenvalue weighted by atomic mass is 19.1. The fraction of sp³-hybridized carbons (Fsp3) is 0.409. The lowest BCUT2D eigenvalue weighted by atomic mass is 9.90. The number of carbonyl (C=O) groups is 1. The van der Waals surface area contributed by atoms with Crippen molar-refractivity contribution in [2.24, 2.45) is 5.41 Å². The number of hydrogen-bond donors (Lipinski definition) is 1. The summed E-state index contributed by atoms with van der Waals surface area (Å²) in [6.07, 6.45) is 0. The van der Waals surface area contributed by atoms with E-state index in [0.29, 0.717) is 24.5 Å². The zero-order valence-electron chi connectivity index (χ0n) is 17.9. The van der Waals surface area contributed by atoms with Gasteiger partial charge in [-0.25, -0.2) is 4.79 Å². The van der Waals surface area contributed by atoms with Crippen molar-refractivity contribution < 1.29 is 28.3 Å². The van der Waals surface area contributed by atoms with E-state index in [-0.39, 0.29) is 23.5 Å².